The van der Waals surface area contributed by atoms with Crippen LogP contribution in [0, 0.1) is 0 Å². The van der Waals surface area contributed by atoms with Crippen molar-refractivity contribution < 1.29 is 18.3 Å². The Morgan fingerprint density at radius 1 is 0.923 bits per heavy atom. The quantitative estimate of drug-likeness (QED) is 0.229. The standard InChI is InChI=1S/C19H44O4Si3/c1-17(2,3)25(7,8)22-19(24,23-26(9,10)18(4,5)6)12-11-13-20-14-16-15-21-16/h16H,11-15H2,1-10,24H3. The second-order valence-electron chi connectivity index (χ2n) is 11.0. The summed E-state index contributed by atoms with van der Waals surface area (Å²) >= 11 is 0. The summed E-state index contributed by atoms with van der Waals surface area (Å²) in [6.07, 6.45) is 2.23. The summed E-state index contributed by atoms with van der Waals surface area (Å²) in [6.45, 7) is 25.4. The average molecular weight is 421 g/mol. The molecule has 156 valence electrons. The zero-order chi connectivity index (χ0) is 20.4. The van der Waals surface area contributed by atoms with E-state index in [1.807, 2.05) is 0 Å². The maximum absolute atomic E-state index is 6.89. The van der Waals surface area contributed by atoms with Gasteiger partial charge in [0.2, 0.25) is 0 Å². The monoisotopic (exact) mass is 420 g/mol. The van der Waals surface area contributed by atoms with Crippen LogP contribution in [0.4, 0.5) is 0 Å². The van der Waals surface area contributed by atoms with Gasteiger partial charge < -0.3 is 18.3 Å². The molecule has 1 aliphatic rings. The van der Waals surface area contributed by atoms with E-state index in [4.69, 9.17) is 18.3 Å². The Hall–Kier alpha value is 0.491. The Kier molecular flexibility index (Phi) is 7.99. The van der Waals surface area contributed by atoms with Crippen molar-refractivity contribution >= 4 is 26.9 Å². The summed E-state index contributed by atoms with van der Waals surface area (Å²) in [5.74, 6) is 0. The molecule has 1 aliphatic heterocycles. The van der Waals surface area contributed by atoms with Crippen molar-refractivity contribution in [2.24, 2.45) is 0 Å². The number of epoxide rings is 1. The highest BCUT2D eigenvalue weighted by atomic mass is 28.4. The number of rotatable bonds is 10. The lowest BCUT2D eigenvalue weighted by Gasteiger charge is -2.49. The maximum Gasteiger partial charge on any atom is 0.195 e. The van der Waals surface area contributed by atoms with E-state index in [2.05, 4.69) is 67.7 Å². The molecular formula is C19H44O4Si3. The summed E-state index contributed by atoms with van der Waals surface area (Å²) in [6, 6.07) is 0. The lowest BCUT2D eigenvalue weighted by molar-refractivity contribution is -0.0706. The molecule has 0 radical (unpaired) electrons. The van der Waals surface area contributed by atoms with Gasteiger partial charge in [-0.2, -0.15) is 0 Å². The molecule has 0 N–H and O–H groups in total. The Morgan fingerprint density at radius 3 is 1.69 bits per heavy atom. The Balaban J connectivity index is 2.80. The first-order chi connectivity index (χ1) is 11.5. The fraction of sp³-hybridized carbons (Fsp3) is 1.00. The molecule has 0 spiro atoms. The number of hydrogen-bond acceptors (Lipinski definition) is 4. The van der Waals surface area contributed by atoms with Crippen molar-refractivity contribution in [1.29, 1.82) is 0 Å². The molecule has 0 aromatic heterocycles. The number of hydrogen-bond donors (Lipinski definition) is 0. The molecule has 1 saturated heterocycles. The number of ether oxygens (including phenoxy) is 2. The molecule has 1 rings (SSSR count). The van der Waals surface area contributed by atoms with E-state index in [9.17, 15) is 0 Å². The maximum atomic E-state index is 6.89. The van der Waals surface area contributed by atoms with Crippen LogP contribution in [0.15, 0.2) is 0 Å². The lowest BCUT2D eigenvalue weighted by atomic mass is 10.2. The zero-order valence-corrected chi connectivity index (χ0v) is 23.2. The van der Waals surface area contributed by atoms with Gasteiger partial charge in [-0.3, -0.25) is 0 Å². The third-order valence-electron chi connectivity index (χ3n) is 6.18. The second kappa shape index (κ2) is 8.47. The van der Waals surface area contributed by atoms with Gasteiger partial charge in [0.05, 0.1) is 23.5 Å². The van der Waals surface area contributed by atoms with Gasteiger partial charge in [0.25, 0.3) is 0 Å². The van der Waals surface area contributed by atoms with Crippen LogP contribution in [0.1, 0.15) is 54.4 Å². The third-order valence-corrected chi connectivity index (χ3v) is 17.0. The van der Waals surface area contributed by atoms with Gasteiger partial charge in [-0.1, -0.05) is 41.5 Å². The van der Waals surface area contributed by atoms with Crippen LogP contribution >= 0.6 is 0 Å². The van der Waals surface area contributed by atoms with Crippen LogP contribution in [0.2, 0.25) is 36.3 Å². The molecule has 4 nitrogen and oxygen atoms in total. The highest BCUT2D eigenvalue weighted by Gasteiger charge is 2.48. The molecule has 0 bridgehead atoms. The van der Waals surface area contributed by atoms with Crippen molar-refractivity contribution in [2.75, 3.05) is 19.8 Å². The van der Waals surface area contributed by atoms with Crippen LogP contribution in [-0.2, 0) is 18.3 Å². The molecule has 1 atom stereocenters. The highest BCUT2D eigenvalue weighted by Crippen LogP contribution is 2.44. The van der Waals surface area contributed by atoms with E-state index in [0.29, 0.717) is 6.10 Å². The van der Waals surface area contributed by atoms with Crippen molar-refractivity contribution in [3.8, 4) is 0 Å². The predicted molar refractivity (Wildman–Crippen MR) is 119 cm³/mol. The van der Waals surface area contributed by atoms with Gasteiger partial charge in [-0.25, -0.2) is 0 Å². The summed E-state index contributed by atoms with van der Waals surface area (Å²) in [7, 11) is -2.94. The van der Waals surface area contributed by atoms with E-state index in [1.165, 1.54) is 0 Å². The third kappa shape index (κ3) is 7.49. The van der Waals surface area contributed by atoms with E-state index < -0.39 is 22.0 Å². The first kappa shape index (κ1) is 24.5. The molecule has 1 unspecified atom stereocenters. The van der Waals surface area contributed by atoms with Crippen molar-refractivity contribution in [1.82, 2.24) is 0 Å². The van der Waals surface area contributed by atoms with Gasteiger partial charge >= 0.3 is 0 Å². The Morgan fingerprint density at radius 2 is 1.35 bits per heavy atom. The lowest BCUT2D eigenvalue weighted by Crippen LogP contribution is -2.57. The topological polar surface area (TPSA) is 40.2 Å². The minimum absolute atomic E-state index is 0.180. The largest absolute Gasteiger partial charge is 0.395 e. The van der Waals surface area contributed by atoms with Crippen molar-refractivity contribution in [3.63, 3.8) is 0 Å². The molecule has 0 aromatic rings. The first-order valence-corrected chi connectivity index (χ1v) is 16.9. The van der Waals surface area contributed by atoms with Gasteiger partial charge in [-0.05, 0) is 49.1 Å². The molecular weight excluding hydrogens is 376 g/mol. The molecule has 0 amide bonds. The van der Waals surface area contributed by atoms with E-state index in [-0.39, 0.29) is 10.1 Å². The summed E-state index contributed by atoms with van der Waals surface area (Å²) in [4.78, 5) is 0. The van der Waals surface area contributed by atoms with E-state index in [0.717, 1.165) is 42.9 Å². The Bertz CT molecular complexity index is 421. The normalized spacial score (nSPS) is 19.8. The van der Waals surface area contributed by atoms with Gasteiger partial charge in [0, 0.05) is 6.61 Å². The summed E-state index contributed by atoms with van der Waals surface area (Å²) in [5.41, 5.74) is -0.411. The van der Waals surface area contributed by atoms with Crippen LogP contribution in [0.5, 0.6) is 0 Å². The summed E-state index contributed by atoms with van der Waals surface area (Å²) in [5, 5.41) is 0.360. The fourth-order valence-electron chi connectivity index (χ4n) is 2.38. The molecule has 0 saturated carbocycles. The Labute approximate surface area is 167 Å². The van der Waals surface area contributed by atoms with Crippen molar-refractivity contribution in [2.45, 2.75) is 102 Å². The van der Waals surface area contributed by atoms with Gasteiger partial charge in [0.15, 0.2) is 16.6 Å². The van der Waals surface area contributed by atoms with Crippen molar-refractivity contribution in [3.05, 3.63) is 0 Å². The zero-order valence-electron chi connectivity index (χ0n) is 19.2. The molecule has 0 aliphatic carbocycles. The van der Waals surface area contributed by atoms with Gasteiger partial charge in [0.1, 0.15) is 11.5 Å². The average Bonchev–Trinajstić information content (AvgIpc) is 3.17. The van der Waals surface area contributed by atoms with E-state index in [1.54, 1.807) is 0 Å². The molecule has 26 heavy (non-hydrogen) atoms. The smallest absolute Gasteiger partial charge is 0.195 e. The predicted octanol–water partition coefficient (Wildman–Crippen LogP) is 4.24. The SMILES string of the molecule is CC(C)(C)[Si](C)(C)OC([SiH3])(CCCOCC1CO1)O[Si](C)(C)C(C)(C)C. The molecule has 7 heteroatoms. The minimum atomic E-state index is -1.90. The molecule has 1 fully saturated rings. The minimum Gasteiger partial charge on any atom is -0.395 e. The van der Waals surface area contributed by atoms with Crippen LogP contribution in [0.3, 0.4) is 0 Å². The van der Waals surface area contributed by atoms with Crippen LogP contribution < -0.4 is 0 Å². The van der Waals surface area contributed by atoms with Gasteiger partial charge in [-0.15, -0.1) is 0 Å². The van der Waals surface area contributed by atoms with E-state index >= 15 is 0 Å². The summed E-state index contributed by atoms with van der Waals surface area (Å²) < 4.78 is 24.7. The fourth-order valence-corrected chi connectivity index (χ4v) is 8.94. The molecule has 0 aromatic carbocycles. The highest BCUT2D eigenvalue weighted by molar-refractivity contribution is 6.75. The van der Waals surface area contributed by atoms with Crippen LogP contribution in [0.25, 0.3) is 0 Å². The second-order valence-corrected chi connectivity index (χ2v) is 22.0. The molecule has 1 heterocycles. The first-order valence-electron chi connectivity index (χ1n) is 10.1. The van der Waals surface area contributed by atoms with Crippen LogP contribution in [-0.4, -0.2) is 58.2 Å².